The van der Waals surface area contributed by atoms with Gasteiger partial charge in [0.05, 0.1) is 18.5 Å². The molecule has 0 aromatic carbocycles. The Kier molecular flexibility index (Phi) is 3.26. The number of hydrogen-bond acceptors (Lipinski definition) is 8. The minimum atomic E-state index is -1.63. The molecule has 0 aliphatic carbocycles. The van der Waals surface area contributed by atoms with Gasteiger partial charge in [-0.15, -0.1) is 5.10 Å². The fourth-order valence-electron chi connectivity index (χ4n) is 2.50. The van der Waals surface area contributed by atoms with Crippen molar-refractivity contribution in [3.63, 3.8) is 0 Å². The van der Waals surface area contributed by atoms with Crippen LogP contribution in [0, 0.1) is 0 Å². The van der Waals surface area contributed by atoms with Crippen molar-refractivity contribution in [2.75, 3.05) is 12.3 Å². The number of aliphatic hydroxyl groups excluding tert-OH is 2. The first kappa shape index (κ1) is 14.4. The molecule has 0 radical (unpaired) electrons. The second-order valence-corrected chi connectivity index (χ2v) is 5.43. The van der Waals surface area contributed by atoms with E-state index in [0.717, 1.165) is 0 Å². The Morgan fingerprint density at radius 2 is 2.29 bits per heavy atom. The van der Waals surface area contributed by atoms with E-state index in [9.17, 15) is 15.3 Å². The number of imidazole rings is 1. The molecular weight excluding hydrogens is 302 g/mol. The van der Waals surface area contributed by atoms with Gasteiger partial charge in [0.15, 0.2) is 11.5 Å². The van der Waals surface area contributed by atoms with Crippen LogP contribution >= 0.6 is 11.6 Å². The molecule has 9 nitrogen and oxygen atoms in total. The van der Waals surface area contributed by atoms with E-state index in [1.807, 2.05) is 0 Å². The summed E-state index contributed by atoms with van der Waals surface area (Å²) in [6, 6.07) is 0. The van der Waals surface area contributed by atoms with Gasteiger partial charge in [0, 0.05) is 0 Å². The molecule has 0 spiro atoms. The summed E-state index contributed by atoms with van der Waals surface area (Å²) in [4.78, 5) is 7.84. The van der Waals surface area contributed by atoms with Crippen LogP contribution in [0.2, 0.25) is 5.28 Å². The standard InChI is InChI=1S/C11H14ClN5O4/c1-11(20)6(19)5(3-18)21-7(11)4-2-14-9-8(13)15-10(12)16-17(4)9/h2,5-7,18-20H,3H2,1H3,(H2,13,15,16)/t5-,6-,7+,11-/m1/s1. The van der Waals surface area contributed by atoms with Crippen LogP contribution < -0.4 is 5.73 Å². The molecule has 0 amide bonds. The number of anilines is 1. The molecule has 0 bridgehead atoms. The third-order valence-electron chi connectivity index (χ3n) is 3.63. The molecule has 1 fully saturated rings. The summed E-state index contributed by atoms with van der Waals surface area (Å²) in [6.07, 6.45) is -1.72. The Morgan fingerprint density at radius 1 is 1.57 bits per heavy atom. The van der Waals surface area contributed by atoms with Gasteiger partial charge in [0.25, 0.3) is 0 Å². The number of ether oxygens (including phenoxy) is 1. The molecule has 1 saturated heterocycles. The Labute approximate surface area is 124 Å². The number of nitrogens with two attached hydrogens (primary N) is 1. The molecular formula is C11H14ClN5O4. The molecule has 3 heterocycles. The number of aliphatic hydroxyl groups is 3. The average Bonchev–Trinajstić information content (AvgIpc) is 2.91. The molecule has 114 valence electrons. The summed E-state index contributed by atoms with van der Waals surface area (Å²) in [5, 5.41) is 33.6. The van der Waals surface area contributed by atoms with Gasteiger partial charge in [0.2, 0.25) is 5.28 Å². The van der Waals surface area contributed by atoms with E-state index in [-0.39, 0.29) is 16.7 Å². The van der Waals surface area contributed by atoms with Crippen molar-refractivity contribution in [3.05, 3.63) is 17.2 Å². The van der Waals surface area contributed by atoms with Gasteiger partial charge in [-0.05, 0) is 18.5 Å². The topological polar surface area (TPSA) is 139 Å². The Bertz CT molecular complexity index is 691. The van der Waals surface area contributed by atoms with Crippen LogP contribution in [0.3, 0.4) is 0 Å². The summed E-state index contributed by atoms with van der Waals surface area (Å²) in [5.74, 6) is 0.0816. The highest BCUT2D eigenvalue weighted by atomic mass is 35.5. The Hall–Kier alpha value is -1.52. The lowest BCUT2D eigenvalue weighted by Gasteiger charge is -2.25. The van der Waals surface area contributed by atoms with Crippen LogP contribution in [-0.4, -0.2) is 59.3 Å². The van der Waals surface area contributed by atoms with Gasteiger partial charge in [0.1, 0.15) is 23.9 Å². The van der Waals surface area contributed by atoms with E-state index >= 15 is 0 Å². The van der Waals surface area contributed by atoms with Crippen molar-refractivity contribution in [1.82, 2.24) is 19.6 Å². The Morgan fingerprint density at radius 3 is 2.90 bits per heavy atom. The quantitative estimate of drug-likeness (QED) is 0.548. The molecule has 10 heteroatoms. The van der Waals surface area contributed by atoms with Gasteiger partial charge in [-0.3, -0.25) is 0 Å². The molecule has 5 N–H and O–H groups in total. The molecule has 2 aromatic heterocycles. The highest BCUT2D eigenvalue weighted by molar-refractivity contribution is 6.28. The van der Waals surface area contributed by atoms with Gasteiger partial charge in [-0.1, -0.05) is 0 Å². The second-order valence-electron chi connectivity index (χ2n) is 5.09. The van der Waals surface area contributed by atoms with Crippen molar-refractivity contribution in [3.8, 4) is 0 Å². The van der Waals surface area contributed by atoms with Crippen LogP contribution in [0.15, 0.2) is 6.20 Å². The van der Waals surface area contributed by atoms with Crippen LogP contribution in [0.4, 0.5) is 5.82 Å². The molecule has 0 unspecified atom stereocenters. The maximum Gasteiger partial charge on any atom is 0.243 e. The maximum absolute atomic E-state index is 10.5. The third kappa shape index (κ3) is 2.05. The predicted molar refractivity (Wildman–Crippen MR) is 71.5 cm³/mol. The zero-order chi connectivity index (χ0) is 15.4. The fraction of sp³-hybridized carbons (Fsp3) is 0.545. The SMILES string of the molecule is C[C@@]1(O)[C@H](O)[C@@H](CO)O[C@H]1c1cnc2c(N)nc(Cl)nn12. The van der Waals surface area contributed by atoms with E-state index in [1.54, 1.807) is 0 Å². The van der Waals surface area contributed by atoms with E-state index in [4.69, 9.17) is 22.1 Å². The molecule has 3 rings (SSSR count). The van der Waals surface area contributed by atoms with Crippen LogP contribution in [0.25, 0.3) is 5.65 Å². The molecule has 21 heavy (non-hydrogen) atoms. The van der Waals surface area contributed by atoms with Gasteiger partial charge < -0.3 is 25.8 Å². The first-order valence-electron chi connectivity index (χ1n) is 6.19. The highest BCUT2D eigenvalue weighted by Crippen LogP contribution is 2.41. The third-order valence-corrected chi connectivity index (χ3v) is 3.79. The van der Waals surface area contributed by atoms with E-state index in [1.165, 1.54) is 17.6 Å². The van der Waals surface area contributed by atoms with Crippen molar-refractivity contribution in [2.24, 2.45) is 0 Å². The van der Waals surface area contributed by atoms with Crippen LogP contribution in [0.1, 0.15) is 18.7 Å². The lowest BCUT2D eigenvalue weighted by atomic mass is 9.91. The van der Waals surface area contributed by atoms with Gasteiger partial charge in [-0.25, -0.2) is 9.50 Å². The van der Waals surface area contributed by atoms with Gasteiger partial charge >= 0.3 is 0 Å². The summed E-state index contributed by atoms with van der Waals surface area (Å²) < 4.78 is 6.82. The largest absolute Gasteiger partial charge is 0.394 e. The number of hydrogen-bond donors (Lipinski definition) is 4. The lowest BCUT2D eigenvalue weighted by molar-refractivity contribution is -0.0665. The van der Waals surface area contributed by atoms with Crippen molar-refractivity contribution < 1.29 is 20.1 Å². The molecule has 1 aliphatic rings. The first-order chi connectivity index (χ1) is 9.86. The number of nitrogen functional groups attached to an aromatic ring is 1. The zero-order valence-corrected chi connectivity index (χ0v) is 11.8. The number of fused-ring (bicyclic) bond motifs is 1. The predicted octanol–water partition coefficient (Wildman–Crippen LogP) is -1.10. The number of halogens is 1. The summed E-state index contributed by atoms with van der Waals surface area (Å²) in [5.41, 5.74) is 4.68. The average molecular weight is 316 g/mol. The maximum atomic E-state index is 10.5. The summed E-state index contributed by atoms with van der Waals surface area (Å²) >= 11 is 5.77. The summed E-state index contributed by atoms with van der Waals surface area (Å²) in [7, 11) is 0. The first-order valence-corrected chi connectivity index (χ1v) is 6.57. The molecule has 0 saturated carbocycles. The van der Waals surface area contributed by atoms with Crippen LogP contribution in [-0.2, 0) is 4.74 Å². The monoisotopic (exact) mass is 315 g/mol. The molecule has 4 atom stereocenters. The van der Waals surface area contributed by atoms with E-state index < -0.39 is 30.5 Å². The second kappa shape index (κ2) is 4.75. The lowest BCUT2D eigenvalue weighted by Crippen LogP contribution is -2.43. The van der Waals surface area contributed by atoms with Crippen LogP contribution in [0.5, 0.6) is 0 Å². The molecule has 1 aliphatic heterocycles. The fourth-order valence-corrected chi connectivity index (χ4v) is 2.67. The Balaban J connectivity index is 2.13. The van der Waals surface area contributed by atoms with Gasteiger partial charge in [-0.2, -0.15) is 4.98 Å². The van der Waals surface area contributed by atoms with Crippen molar-refractivity contribution >= 4 is 23.1 Å². The zero-order valence-electron chi connectivity index (χ0n) is 11.0. The molecule has 2 aromatic rings. The number of nitrogens with zero attached hydrogens (tertiary/aromatic N) is 4. The number of rotatable bonds is 2. The number of aromatic nitrogens is 4. The van der Waals surface area contributed by atoms with Crippen molar-refractivity contribution in [1.29, 1.82) is 0 Å². The van der Waals surface area contributed by atoms with E-state index in [0.29, 0.717) is 5.69 Å². The minimum Gasteiger partial charge on any atom is -0.394 e. The summed E-state index contributed by atoms with van der Waals surface area (Å²) in [6.45, 7) is 0.978. The normalized spacial score (nSPS) is 32.9. The van der Waals surface area contributed by atoms with Crippen molar-refractivity contribution in [2.45, 2.75) is 30.8 Å². The smallest absolute Gasteiger partial charge is 0.243 e. The minimum absolute atomic E-state index is 0.0816. The van der Waals surface area contributed by atoms with E-state index in [2.05, 4.69) is 15.1 Å². The highest BCUT2D eigenvalue weighted by Gasteiger charge is 2.53.